The van der Waals surface area contributed by atoms with Crippen LogP contribution < -0.4 is 23.8 Å². The number of nitrogens with one attached hydrogen (secondary N) is 1. The van der Waals surface area contributed by atoms with Crippen LogP contribution in [0.5, 0.6) is 23.0 Å². The molecule has 0 unspecified atom stereocenters. The number of hydrogen-bond acceptors (Lipinski definition) is 7. The molecule has 194 valence electrons. The molecule has 5 rings (SSSR count). The number of rotatable bonds is 8. The summed E-state index contributed by atoms with van der Waals surface area (Å²) in [5.74, 6) is 0.854. The standard InChI is InChI=1S/C28H24FN3O5S/c1-35-24-15-21-22(16-25(24)36-2)30-14-11-23(21)37-20-9-7-19(8-10-20)32(18-5-3-17(29)4-6-18)27(34)28(12-13-28)26(33)31-38/h3-11,14-16,38H,12-13H2,1-2H3,(H,31,33). The number of benzene rings is 3. The van der Waals surface area contributed by atoms with Crippen LogP contribution in [0.3, 0.4) is 0 Å². The van der Waals surface area contributed by atoms with E-state index in [9.17, 15) is 14.0 Å². The molecule has 1 saturated carbocycles. The van der Waals surface area contributed by atoms with Crippen molar-refractivity contribution in [2.24, 2.45) is 5.41 Å². The third-order valence-corrected chi connectivity index (χ3v) is 6.72. The van der Waals surface area contributed by atoms with E-state index < -0.39 is 23.0 Å². The maximum Gasteiger partial charge on any atom is 0.247 e. The summed E-state index contributed by atoms with van der Waals surface area (Å²) in [6.07, 6.45) is 2.44. The maximum absolute atomic E-state index is 13.6. The second kappa shape index (κ2) is 10.2. The number of pyridine rings is 1. The number of thiol groups is 1. The molecule has 38 heavy (non-hydrogen) atoms. The molecule has 1 aromatic heterocycles. The first kappa shape index (κ1) is 25.3. The topological polar surface area (TPSA) is 90.0 Å². The highest BCUT2D eigenvalue weighted by molar-refractivity contribution is 7.78. The molecule has 0 saturated heterocycles. The molecule has 4 aromatic rings. The third kappa shape index (κ3) is 4.58. The summed E-state index contributed by atoms with van der Waals surface area (Å²) in [5.41, 5.74) is 0.395. The molecular weight excluding hydrogens is 509 g/mol. The van der Waals surface area contributed by atoms with Crippen LogP contribution >= 0.6 is 12.8 Å². The van der Waals surface area contributed by atoms with E-state index in [1.807, 2.05) is 0 Å². The Hall–Kier alpha value is -4.31. The number of carbonyl (C=O) groups is 2. The average molecular weight is 534 g/mol. The van der Waals surface area contributed by atoms with Crippen LogP contribution in [0.15, 0.2) is 72.9 Å². The van der Waals surface area contributed by atoms with Gasteiger partial charge in [-0.05, 0) is 73.5 Å². The molecule has 3 aromatic carbocycles. The normalized spacial score (nSPS) is 13.5. The number of halogens is 1. The SMILES string of the molecule is COc1cc2nccc(Oc3ccc(N(C(=O)C4(C(=O)NS)CC4)c4ccc(F)cc4)cc3)c2cc1OC. The fraction of sp³-hybridized carbons (Fsp3) is 0.179. The fourth-order valence-electron chi connectivity index (χ4n) is 4.28. The number of anilines is 2. The molecule has 1 aliphatic carbocycles. The molecule has 2 amide bonds. The Labute approximate surface area is 223 Å². The van der Waals surface area contributed by atoms with Gasteiger partial charge in [-0.3, -0.25) is 19.5 Å². The van der Waals surface area contributed by atoms with Crippen LogP contribution in [0, 0.1) is 11.2 Å². The first-order valence-corrected chi connectivity index (χ1v) is 12.2. The lowest BCUT2D eigenvalue weighted by atomic mass is 10.0. The lowest BCUT2D eigenvalue weighted by molar-refractivity contribution is -0.134. The number of methoxy groups -OCH3 is 2. The van der Waals surface area contributed by atoms with Crippen molar-refractivity contribution in [2.75, 3.05) is 19.1 Å². The monoisotopic (exact) mass is 533 g/mol. The van der Waals surface area contributed by atoms with Crippen LogP contribution in [-0.2, 0) is 9.59 Å². The van der Waals surface area contributed by atoms with Crippen molar-refractivity contribution in [3.05, 3.63) is 78.7 Å². The van der Waals surface area contributed by atoms with Gasteiger partial charge in [0.2, 0.25) is 11.8 Å². The van der Waals surface area contributed by atoms with E-state index in [0.717, 1.165) is 5.39 Å². The number of amides is 2. The zero-order valence-corrected chi connectivity index (χ0v) is 21.5. The number of fused-ring (bicyclic) bond motifs is 1. The van der Waals surface area contributed by atoms with Gasteiger partial charge in [-0.25, -0.2) is 4.39 Å². The van der Waals surface area contributed by atoms with Gasteiger partial charge in [-0.15, -0.1) is 0 Å². The average Bonchev–Trinajstić information content (AvgIpc) is 3.76. The van der Waals surface area contributed by atoms with Crippen molar-refractivity contribution in [1.29, 1.82) is 0 Å². The lowest BCUT2D eigenvalue weighted by Gasteiger charge is -2.27. The Kier molecular flexibility index (Phi) is 6.81. The number of hydrogen-bond donors (Lipinski definition) is 2. The van der Waals surface area contributed by atoms with E-state index in [1.165, 1.54) is 29.2 Å². The maximum atomic E-state index is 13.6. The molecule has 0 aliphatic heterocycles. The number of nitrogens with zero attached hydrogens (tertiary/aromatic N) is 2. The minimum atomic E-state index is -1.21. The highest BCUT2D eigenvalue weighted by atomic mass is 32.1. The van der Waals surface area contributed by atoms with Gasteiger partial charge in [0.15, 0.2) is 11.5 Å². The summed E-state index contributed by atoms with van der Waals surface area (Å²) >= 11 is 3.85. The third-order valence-electron chi connectivity index (χ3n) is 6.51. The quantitative estimate of drug-likeness (QED) is 0.227. The highest BCUT2D eigenvalue weighted by Gasteiger charge is 2.58. The first-order chi connectivity index (χ1) is 18.4. The Morgan fingerprint density at radius 1 is 0.921 bits per heavy atom. The minimum absolute atomic E-state index is 0.403. The Balaban J connectivity index is 1.48. The minimum Gasteiger partial charge on any atom is -0.493 e. The molecule has 0 spiro atoms. The molecule has 0 atom stereocenters. The Bertz CT molecular complexity index is 1510. The Morgan fingerprint density at radius 2 is 1.53 bits per heavy atom. The second-order valence-electron chi connectivity index (χ2n) is 8.77. The van der Waals surface area contributed by atoms with Gasteiger partial charge >= 0.3 is 0 Å². The van der Waals surface area contributed by atoms with Crippen LogP contribution in [0.1, 0.15) is 12.8 Å². The van der Waals surface area contributed by atoms with Gasteiger partial charge in [-0.1, -0.05) is 12.8 Å². The predicted octanol–water partition coefficient (Wildman–Crippen LogP) is 5.59. The zero-order chi connectivity index (χ0) is 26.9. The summed E-state index contributed by atoms with van der Waals surface area (Å²) in [6.45, 7) is 0. The van der Waals surface area contributed by atoms with Gasteiger partial charge in [0.25, 0.3) is 0 Å². The van der Waals surface area contributed by atoms with Crippen LogP contribution in [-0.4, -0.2) is 31.0 Å². The molecule has 0 bridgehead atoms. The fourth-order valence-corrected chi connectivity index (χ4v) is 4.50. The van der Waals surface area contributed by atoms with Gasteiger partial charge in [0.05, 0.1) is 19.7 Å². The number of aromatic nitrogens is 1. The summed E-state index contributed by atoms with van der Waals surface area (Å²) in [7, 11) is 3.11. The van der Waals surface area contributed by atoms with Crippen molar-refractivity contribution in [2.45, 2.75) is 12.8 Å². The first-order valence-electron chi connectivity index (χ1n) is 11.7. The van der Waals surface area contributed by atoms with Crippen molar-refractivity contribution >= 4 is 46.9 Å². The number of carbonyl (C=O) groups excluding carboxylic acids is 2. The zero-order valence-electron chi connectivity index (χ0n) is 20.6. The van der Waals surface area contributed by atoms with Crippen molar-refractivity contribution in [1.82, 2.24) is 9.71 Å². The van der Waals surface area contributed by atoms with Crippen molar-refractivity contribution < 1.29 is 28.2 Å². The van der Waals surface area contributed by atoms with Crippen LogP contribution in [0.2, 0.25) is 0 Å². The molecule has 0 radical (unpaired) electrons. The van der Waals surface area contributed by atoms with Crippen LogP contribution in [0.25, 0.3) is 10.9 Å². The lowest BCUT2D eigenvalue weighted by Crippen LogP contribution is -2.41. The van der Waals surface area contributed by atoms with E-state index in [2.05, 4.69) is 22.5 Å². The van der Waals surface area contributed by atoms with E-state index in [-0.39, 0.29) is 0 Å². The van der Waals surface area contributed by atoms with Crippen LogP contribution in [0.4, 0.5) is 15.8 Å². The van der Waals surface area contributed by atoms with Gasteiger partial charge in [0.1, 0.15) is 22.7 Å². The van der Waals surface area contributed by atoms with Gasteiger partial charge in [0, 0.05) is 29.0 Å². The molecule has 1 fully saturated rings. The summed E-state index contributed by atoms with van der Waals surface area (Å²) < 4.78 is 32.9. The molecule has 8 nitrogen and oxygen atoms in total. The molecule has 1 aliphatic rings. The predicted molar refractivity (Wildman–Crippen MR) is 144 cm³/mol. The highest BCUT2D eigenvalue weighted by Crippen LogP contribution is 2.49. The molecule has 1 N–H and O–H groups in total. The van der Waals surface area contributed by atoms with E-state index in [1.54, 1.807) is 62.9 Å². The Morgan fingerprint density at radius 3 is 2.11 bits per heavy atom. The summed E-state index contributed by atoms with van der Waals surface area (Å²) in [4.78, 5) is 31.9. The molecular formula is C28H24FN3O5S. The van der Waals surface area contributed by atoms with Crippen molar-refractivity contribution in [3.63, 3.8) is 0 Å². The molecule has 10 heteroatoms. The summed E-state index contributed by atoms with van der Waals surface area (Å²) in [5, 5.41) is 0.728. The number of ether oxygens (including phenoxy) is 3. The van der Waals surface area contributed by atoms with E-state index in [0.29, 0.717) is 52.7 Å². The molecule has 1 heterocycles. The smallest absolute Gasteiger partial charge is 0.247 e. The second-order valence-corrected chi connectivity index (χ2v) is 8.99. The van der Waals surface area contributed by atoms with E-state index >= 15 is 0 Å². The largest absolute Gasteiger partial charge is 0.493 e. The van der Waals surface area contributed by atoms with Gasteiger partial charge in [-0.2, -0.15) is 0 Å². The van der Waals surface area contributed by atoms with E-state index in [4.69, 9.17) is 14.2 Å². The summed E-state index contributed by atoms with van der Waals surface area (Å²) in [6, 6.07) is 17.7. The van der Waals surface area contributed by atoms with Crippen molar-refractivity contribution in [3.8, 4) is 23.0 Å². The van der Waals surface area contributed by atoms with Gasteiger partial charge < -0.3 is 18.9 Å².